The molecule has 2 heterocycles. The Morgan fingerprint density at radius 1 is 1.38 bits per heavy atom. The van der Waals surface area contributed by atoms with Crippen molar-refractivity contribution in [2.24, 2.45) is 11.8 Å². The van der Waals surface area contributed by atoms with Crippen LogP contribution in [-0.2, 0) is 0 Å². The lowest BCUT2D eigenvalue weighted by molar-refractivity contribution is 0.551. The van der Waals surface area contributed by atoms with E-state index in [9.17, 15) is 4.79 Å². The van der Waals surface area contributed by atoms with Crippen molar-refractivity contribution >= 4 is 23.0 Å². The second-order valence-electron chi connectivity index (χ2n) is 7.00. The Bertz CT molecular complexity index is 921. The predicted molar refractivity (Wildman–Crippen MR) is 124 cm³/mol. The van der Waals surface area contributed by atoms with Crippen molar-refractivity contribution in [1.29, 1.82) is 0 Å². The van der Waals surface area contributed by atoms with Gasteiger partial charge in [-0.1, -0.05) is 32.9 Å². The molecule has 2 atom stereocenters. The van der Waals surface area contributed by atoms with Crippen molar-refractivity contribution in [1.82, 2.24) is 20.2 Å². The fourth-order valence-corrected chi connectivity index (χ4v) is 4.26. The third kappa shape index (κ3) is 5.04. The standard InChI is InChI=1S/C21H28N4OS.C2H2/c1-5-9-23-18(8-10-22-4)17-12-27-20-19(17)24-13-25(21(20)26)16-7-6-14(2)15(3)11-16;1-2/h6-8,10-11,13-15,22-23H,5,9,12H2,1-4H3;1-2H/b10-8-,18-17-;. The van der Waals surface area contributed by atoms with Gasteiger partial charge in [-0.25, -0.2) is 4.98 Å². The zero-order chi connectivity index (χ0) is 21.4. The van der Waals surface area contributed by atoms with Crippen LogP contribution in [-0.4, -0.2) is 28.9 Å². The van der Waals surface area contributed by atoms with Crippen LogP contribution < -0.4 is 16.2 Å². The Morgan fingerprint density at radius 2 is 2.14 bits per heavy atom. The molecule has 2 unspecified atom stereocenters. The first kappa shape index (κ1) is 22.6. The summed E-state index contributed by atoms with van der Waals surface area (Å²) in [6.07, 6.45) is 21.0. The van der Waals surface area contributed by atoms with Crippen LogP contribution >= 0.6 is 11.8 Å². The largest absolute Gasteiger partial charge is 0.394 e. The fourth-order valence-electron chi connectivity index (χ4n) is 3.14. The third-order valence-corrected chi connectivity index (χ3v) is 6.09. The Hall–Kier alpha value is -2.65. The summed E-state index contributed by atoms with van der Waals surface area (Å²) in [6.45, 7) is 7.39. The molecule has 29 heavy (non-hydrogen) atoms. The molecule has 3 rings (SSSR count). The number of hydrogen-bond acceptors (Lipinski definition) is 5. The summed E-state index contributed by atoms with van der Waals surface area (Å²) in [6, 6.07) is 0. The molecule has 0 fully saturated rings. The minimum absolute atomic E-state index is 0.0186. The van der Waals surface area contributed by atoms with Crippen LogP contribution in [0.1, 0.15) is 32.9 Å². The molecule has 1 aliphatic carbocycles. The van der Waals surface area contributed by atoms with E-state index in [1.807, 2.05) is 25.4 Å². The Kier molecular flexibility index (Phi) is 8.41. The van der Waals surface area contributed by atoms with E-state index in [2.05, 4.69) is 61.4 Å². The molecule has 0 aromatic carbocycles. The number of thioether (sulfide) groups is 1. The van der Waals surface area contributed by atoms with Gasteiger partial charge in [-0.05, 0) is 36.6 Å². The molecule has 0 saturated heterocycles. The van der Waals surface area contributed by atoms with E-state index in [1.165, 1.54) is 0 Å². The van der Waals surface area contributed by atoms with Crippen LogP contribution in [0.2, 0.25) is 0 Å². The fraction of sp³-hybridized carbons (Fsp3) is 0.391. The van der Waals surface area contributed by atoms with Gasteiger partial charge in [0, 0.05) is 36.3 Å². The van der Waals surface area contributed by atoms with Gasteiger partial charge in [-0.3, -0.25) is 9.36 Å². The summed E-state index contributed by atoms with van der Waals surface area (Å²) in [5.41, 5.74) is 3.86. The van der Waals surface area contributed by atoms with Gasteiger partial charge < -0.3 is 10.6 Å². The maximum atomic E-state index is 13.1. The molecule has 6 heteroatoms. The van der Waals surface area contributed by atoms with Crippen molar-refractivity contribution < 1.29 is 0 Å². The average Bonchev–Trinajstić information content (AvgIpc) is 3.17. The lowest BCUT2D eigenvalue weighted by atomic mass is 9.90. The van der Waals surface area contributed by atoms with Crippen molar-refractivity contribution in [3.63, 3.8) is 0 Å². The summed E-state index contributed by atoms with van der Waals surface area (Å²) >= 11 is 1.58. The zero-order valence-corrected chi connectivity index (χ0v) is 18.4. The van der Waals surface area contributed by atoms with Gasteiger partial charge in [0.2, 0.25) is 0 Å². The van der Waals surface area contributed by atoms with Gasteiger partial charge >= 0.3 is 0 Å². The molecular formula is C23H30N4OS. The molecule has 0 radical (unpaired) electrons. The minimum Gasteiger partial charge on any atom is -0.394 e. The number of allylic oxidation sites excluding steroid dienone is 5. The number of rotatable bonds is 6. The van der Waals surface area contributed by atoms with Crippen molar-refractivity contribution in [3.8, 4) is 12.8 Å². The minimum atomic E-state index is 0.0186. The number of terminal acetylenes is 1. The van der Waals surface area contributed by atoms with E-state index in [-0.39, 0.29) is 5.56 Å². The lowest BCUT2D eigenvalue weighted by Gasteiger charge is -2.20. The van der Waals surface area contributed by atoms with E-state index in [0.717, 1.165) is 46.3 Å². The second kappa shape index (κ2) is 10.8. The maximum Gasteiger partial charge on any atom is 0.272 e. The molecule has 0 spiro atoms. The predicted octanol–water partition coefficient (Wildman–Crippen LogP) is 3.73. The van der Waals surface area contributed by atoms with Gasteiger partial charge in [-0.2, -0.15) is 0 Å². The van der Waals surface area contributed by atoms with Crippen LogP contribution in [0.5, 0.6) is 0 Å². The van der Waals surface area contributed by atoms with Crippen LogP contribution in [0.3, 0.4) is 0 Å². The Morgan fingerprint density at radius 3 is 2.79 bits per heavy atom. The molecule has 0 saturated carbocycles. The van der Waals surface area contributed by atoms with Crippen molar-refractivity contribution in [3.05, 3.63) is 58.6 Å². The summed E-state index contributed by atoms with van der Waals surface area (Å²) in [5, 5.41) is 6.49. The number of aromatic nitrogens is 2. The van der Waals surface area contributed by atoms with E-state index in [1.54, 1.807) is 22.7 Å². The van der Waals surface area contributed by atoms with E-state index in [0.29, 0.717) is 11.8 Å². The monoisotopic (exact) mass is 410 g/mol. The number of hydrogen-bond donors (Lipinski definition) is 2. The van der Waals surface area contributed by atoms with Crippen molar-refractivity contribution in [2.75, 3.05) is 19.3 Å². The highest BCUT2D eigenvalue weighted by molar-refractivity contribution is 8.00. The highest BCUT2D eigenvalue weighted by Crippen LogP contribution is 2.37. The van der Waals surface area contributed by atoms with Crippen molar-refractivity contribution in [2.45, 2.75) is 32.1 Å². The quantitative estimate of drug-likeness (QED) is 0.700. The van der Waals surface area contributed by atoms with Crippen LogP contribution in [0.15, 0.2) is 52.2 Å². The van der Waals surface area contributed by atoms with E-state index >= 15 is 0 Å². The molecule has 1 aliphatic heterocycles. The first-order chi connectivity index (χ1) is 14.1. The number of nitrogens with one attached hydrogen (secondary N) is 2. The third-order valence-electron chi connectivity index (χ3n) is 5.00. The Labute approximate surface area is 178 Å². The van der Waals surface area contributed by atoms with E-state index < -0.39 is 0 Å². The van der Waals surface area contributed by atoms with Gasteiger partial charge in [0.15, 0.2) is 0 Å². The van der Waals surface area contributed by atoms with Crippen LogP contribution in [0, 0.1) is 24.7 Å². The molecular weight excluding hydrogens is 380 g/mol. The van der Waals surface area contributed by atoms with Gasteiger partial charge in [0.25, 0.3) is 5.56 Å². The summed E-state index contributed by atoms with van der Waals surface area (Å²) < 4.78 is 1.68. The molecule has 2 N–H and O–H groups in total. The SMILES string of the molecule is C#C.CCCNC(/C=C\NC)=C1/CSc2c1ncn(C1=CC(C)C(C)C=C1)c2=O. The molecule has 2 aliphatic rings. The second-order valence-corrected chi connectivity index (χ2v) is 7.98. The molecule has 0 amide bonds. The smallest absolute Gasteiger partial charge is 0.272 e. The first-order valence-corrected chi connectivity index (χ1v) is 10.8. The van der Waals surface area contributed by atoms with E-state index in [4.69, 9.17) is 0 Å². The van der Waals surface area contributed by atoms with Gasteiger partial charge in [0.05, 0.1) is 10.6 Å². The highest BCUT2D eigenvalue weighted by atomic mass is 32.2. The van der Waals surface area contributed by atoms with Gasteiger partial charge in [0.1, 0.15) is 6.33 Å². The molecule has 154 valence electrons. The van der Waals surface area contributed by atoms with Crippen LogP contribution in [0.4, 0.5) is 0 Å². The summed E-state index contributed by atoms with van der Waals surface area (Å²) in [7, 11) is 1.88. The van der Waals surface area contributed by atoms with Crippen LogP contribution in [0.25, 0.3) is 11.3 Å². The Balaban J connectivity index is 0.00000145. The normalized spacial score (nSPS) is 21.8. The topological polar surface area (TPSA) is 59.0 Å². The zero-order valence-electron chi connectivity index (χ0n) is 17.6. The first-order valence-electron chi connectivity index (χ1n) is 9.86. The number of fused-ring (bicyclic) bond motifs is 1. The lowest BCUT2D eigenvalue weighted by Crippen LogP contribution is -2.23. The molecule has 1 aromatic heterocycles. The average molecular weight is 411 g/mol. The highest BCUT2D eigenvalue weighted by Gasteiger charge is 2.26. The maximum absolute atomic E-state index is 13.1. The number of nitrogens with zero attached hydrogens (tertiary/aromatic N) is 2. The van der Waals surface area contributed by atoms with Gasteiger partial charge in [-0.15, -0.1) is 24.6 Å². The summed E-state index contributed by atoms with van der Waals surface area (Å²) in [4.78, 5) is 18.5. The molecule has 1 aromatic rings. The summed E-state index contributed by atoms with van der Waals surface area (Å²) in [5.74, 6) is 1.65. The molecule has 0 bridgehead atoms. The molecule has 5 nitrogen and oxygen atoms in total.